The number of benzene rings is 1. The third-order valence-electron chi connectivity index (χ3n) is 4.08. The van der Waals surface area contributed by atoms with Crippen LogP contribution in [0.2, 0.25) is 0 Å². The number of pyridine rings is 1. The van der Waals surface area contributed by atoms with Crippen LogP contribution in [-0.4, -0.2) is 25.2 Å². The first-order chi connectivity index (χ1) is 10.9. The van der Waals surface area contributed by atoms with E-state index in [1.807, 2.05) is 37.4 Å². The maximum Gasteiger partial charge on any atom is 0.232 e. The molecule has 3 rings (SSSR count). The molecule has 3 N–H and O–H groups in total. The predicted molar refractivity (Wildman–Crippen MR) is 100 cm³/mol. The van der Waals surface area contributed by atoms with Gasteiger partial charge in [0, 0.05) is 29.4 Å². The molecule has 0 bridgehead atoms. The van der Waals surface area contributed by atoms with Gasteiger partial charge in [-0.05, 0) is 55.7 Å². The van der Waals surface area contributed by atoms with Crippen molar-refractivity contribution in [2.45, 2.75) is 32.2 Å². The molecule has 0 amide bonds. The zero-order chi connectivity index (χ0) is 16.6. The third-order valence-corrected chi connectivity index (χ3v) is 5.39. The summed E-state index contributed by atoms with van der Waals surface area (Å²) in [5.74, 6) is 0.478. The minimum atomic E-state index is -3.29. The van der Waals surface area contributed by atoms with Gasteiger partial charge in [0.25, 0.3) is 0 Å². The molecule has 130 valence electrons. The quantitative estimate of drug-likeness (QED) is 0.850. The lowest BCUT2D eigenvalue weighted by atomic mass is 10.1. The Kier molecular flexibility index (Phi) is 5.52. The number of aromatic nitrogens is 1. The van der Waals surface area contributed by atoms with E-state index in [-0.39, 0.29) is 24.2 Å². The Morgan fingerprint density at radius 2 is 2.00 bits per heavy atom. The molecule has 0 saturated heterocycles. The molecule has 7 heteroatoms. The molecule has 1 aliphatic carbocycles. The van der Waals surface area contributed by atoms with E-state index in [0.29, 0.717) is 11.6 Å². The number of anilines is 1. The number of aryl methyl sites for hydroxylation is 1. The first kappa shape index (κ1) is 18.7. The third kappa shape index (κ3) is 4.26. The maximum absolute atomic E-state index is 11.7. The van der Waals surface area contributed by atoms with Gasteiger partial charge in [-0.25, -0.2) is 8.42 Å². The lowest BCUT2D eigenvalue weighted by Crippen LogP contribution is -2.14. The average molecular weight is 368 g/mol. The van der Waals surface area contributed by atoms with E-state index in [0.717, 1.165) is 23.2 Å². The van der Waals surface area contributed by atoms with E-state index in [9.17, 15) is 8.42 Å². The topological polar surface area (TPSA) is 85.1 Å². The van der Waals surface area contributed by atoms with Crippen LogP contribution < -0.4 is 10.5 Å². The van der Waals surface area contributed by atoms with Gasteiger partial charge in [0.05, 0.1) is 11.4 Å². The fourth-order valence-corrected chi connectivity index (χ4v) is 3.26. The van der Waals surface area contributed by atoms with E-state index in [4.69, 9.17) is 5.73 Å². The highest BCUT2D eigenvalue weighted by atomic mass is 35.5. The predicted octanol–water partition coefficient (Wildman–Crippen LogP) is 3.06. The van der Waals surface area contributed by atoms with Crippen LogP contribution >= 0.6 is 12.4 Å². The van der Waals surface area contributed by atoms with E-state index in [2.05, 4.69) is 15.8 Å². The largest absolute Gasteiger partial charge is 0.327 e. The zero-order valence-corrected chi connectivity index (χ0v) is 15.3. The molecule has 5 nitrogen and oxygen atoms in total. The second-order valence-corrected chi connectivity index (χ2v) is 8.09. The van der Waals surface area contributed by atoms with Crippen molar-refractivity contribution < 1.29 is 8.42 Å². The van der Waals surface area contributed by atoms with Gasteiger partial charge < -0.3 is 5.73 Å². The van der Waals surface area contributed by atoms with Gasteiger partial charge in [0.15, 0.2) is 0 Å². The van der Waals surface area contributed by atoms with Crippen LogP contribution in [0.25, 0.3) is 11.3 Å². The van der Waals surface area contributed by atoms with Crippen molar-refractivity contribution in [1.82, 2.24) is 4.98 Å². The Labute approximate surface area is 149 Å². The number of nitrogens with zero attached hydrogens (tertiary/aromatic N) is 1. The van der Waals surface area contributed by atoms with Gasteiger partial charge in [0.2, 0.25) is 10.0 Å². The molecule has 0 aliphatic heterocycles. The van der Waals surface area contributed by atoms with Crippen LogP contribution in [0.5, 0.6) is 0 Å². The van der Waals surface area contributed by atoms with Gasteiger partial charge in [0.1, 0.15) is 0 Å². The number of hydrogen-bond donors (Lipinski definition) is 2. The fourth-order valence-electron chi connectivity index (χ4n) is 2.63. The first-order valence-corrected chi connectivity index (χ1v) is 9.37. The Morgan fingerprint density at radius 1 is 1.29 bits per heavy atom. The Bertz CT molecular complexity index is 822. The van der Waals surface area contributed by atoms with E-state index in [1.54, 1.807) is 6.92 Å². The molecule has 0 spiro atoms. The van der Waals surface area contributed by atoms with Crippen LogP contribution in [0.3, 0.4) is 0 Å². The highest BCUT2D eigenvalue weighted by Crippen LogP contribution is 2.39. The van der Waals surface area contributed by atoms with Crippen molar-refractivity contribution in [3.63, 3.8) is 0 Å². The fraction of sp³-hybridized carbons (Fsp3) is 0.353. The van der Waals surface area contributed by atoms with E-state index < -0.39 is 10.0 Å². The molecule has 0 unspecified atom stereocenters. The highest BCUT2D eigenvalue weighted by molar-refractivity contribution is 7.92. The van der Waals surface area contributed by atoms with Crippen LogP contribution in [0.1, 0.15) is 30.4 Å². The van der Waals surface area contributed by atoms with Crippen LogP contribution in [0.4, 0.5) is 5.69 Å². The summed E-state index contributed by atoms with van der Waals surface area (Å²) in [5.41, 5.74) is 10.3. The molecule has 1 heterocycles. The van der Waals surface area contributed by atoms with Crippen LogP contribution in [-0.2, 0) is 10.0 Å². The molecular weight excluding hydrogens is 346 g/mol. The van der Waals surface area contributed by atoms with Crippen molar-refractivity contribution >= 4 is 28.1 Å². The van der Waals surface area contributed by atoms with Crippen molar-refractivity contribution in [2.75, 3.05) is 10.5 Å². The number of sulfonamides is 1. The molecule has 2 atom stereocenters. The molecule has 0 radical (unpaired) electrons. The molecule has 1 aromatic heterocycles. The van der Waals surface area contributed by atoms with E-state index in [1.165, 1.54) is 5.56 Å². The molecule has 1 aromatic carbocycles. The summed E-state index contributed by atoms with van der Waals surface area (Å²) in [4.78, 5) is 4.51. The monoisotopic (exact) mass is 367 g/mol. The highest BCUT2D eigenvalue weighted by Gasteiger charge is 2.34. The SMILES string of the molecule is CCS(=O)(=O)Nc1cc(C)cc(-c2ccc([C@H]3C[C@@H]3N)cn2)c1.Cl. The summed E-state index contributed by atoms with van der Waals surface area (Å²) in [6, 6.07) is 9.90. The van der Waals surface area contributed by atoms with Crippen molar-refractivity contribution in [2.24, 2.45) is 5.73 Å². The lowest BCUT2D eigenvalue weighted by molar-refractivity contribution is 0.602. The summed E-state index contributed by atoms with van der Waals surface area (Å²) in [6.07, 6.45) is 2.89. The normalized spacial score (nSPS) is 19.5. The minimum Gasteiger partial charge on any atom is -0.327 e. The van der Waals surface area contributed by atoms with Gasteiger partial charge in [-0.1, -0.05) is 6.07 Å². The number of hydrogen-bond acceptors (Lipinski definition) is 4. The van der Waals surface area contributed by atoms with Crippen LogP contribution in [0, 0.1) is 6.92 Å². The molecular formula is C17H22ClN3O2S. The average Bonchev–Trinajstić information content (AvgIpc) is 3.23. The zero-order valence-electron chi connectivity index (χ0n) is 13.7. The minimum absolute atomic E-state index is 0. The first-order valence-electron chi connectivity index (χ1n) is 7.72. The summed E-state index contributed by atoms with van der Waals surface area (Å²) < 4.78 is 26.1. The van der Waals surface area contributed by atoms with Gasteiger partial charge >= 0.3 is 0 Å². The number of halogens is 1. The molecule has 1 aliphatic rings. The Balaban J connectivity index is 0.00000208. The van der Waals surface area contributed by atoms with E-state index >= 15 is 0 Å². The Morgan fingerprint density at radius 3 is 2.54 bits per heavy atom. The number of nitrogens with two attached hydrogens (primary N) is 1. The van der Waals surface area contributed by atoms with Gasteiger partial charge in [-0.2, -0.15) is 0 Å². The summed E-state index contributed by atoms with van der Waals surface area (Å²) in [6.45, 7) is 3.55. The lowest BCUT2D eigenvalue weighted by Gasteiger charge is -2.10. The summed E-state index contributed by atoms with van der Waals surface area (Å²) >= 11 is 0. The summed E-state index contributed by atoms with van der Waals surface area (Å²) in [5, 5.41) is 0. The Hall–Kier alpha value is -1.63. The van der Waals surface area contributed by atoms with Crippen molar-refractivity contribution in [3.8, 4) is 11.3 Å². The number of nitrogens with one attached hydrogen (secondary N) is 1. The van der Waals surface area contributed by atoms with Crippen molar-refractivity contribution in [1.29, 1.82) is 0 Å². The second kappa shape index (κ2) is 7.09. The van der Waals surface area contributed by atoms with Gasteiger partial charge in [-0.15, -0.1) is 12.4 Å². The number of rotatable bonds is 5. The molecule has 1 fully saturated rings. The van der Waals surface area contributed by atoms with Gasteiger partial charge in [-0.3, -0.25) is 9.71 Å². The smallest absolute Gasteiger partial charge is 0.232 e. The molecule has 1 saturated carbocycles. The van der Waals surface area contributed by atoms with Crippen LogP contribution in [0.15, 0.2) is 36.5 Å². The standard InChI is InChI=1S/C17H21N3O2S.ClH/c1-3-23(21,22)20-14-7-11(2)6-13(8-14)17-5-4-12(10-19-17)15-9-16(15)18;/h4-8,10,15-16,20H,3,9,18H2,1-2H3;1H/t15-,16+;/m1./s1. The molecule has 24 heavy (non-hydrogen) atoms. The second-order valence-electron chi connectivity index (χ2n) is 6.08. The maximum atomic E-state index is 11.7. The molecule has 2 aromatic rings. The summed E-state index contributed by atoms with van der Waals surface area (Å²) in [7, 11) is -3.29. The van der Waals surface area contributed by atoms with Crippen molar-refractivity contribution in [3.05, 3.63) is 47.7 Å².